The molecule has 1 aliphatic heterocycles. The molecule has 2 atom stereocenters. The van der Waals surface area contributed by atoms with Crippen molar-refractivity contribution in [1.29, 1.82) is 5.26 Å². The van der Waals surface area contributed by atoms with Crippen molar-refractivity contribution >= 4 is 0 Å². The van der Waals surface area contributed by atoms with Crippen LogP contribution in [0.4, 0.5) is 0 Å². The van der Waals surface area contributed by atoms with Crippen LogP contribution in [0, 0.1) is 11.3 Å². The summed E-state index contributed by atoms with van der Waals surface area (Å²) in [5.74, 6) is 0. The predicted molar refractivity (Wildman–Crippen MR) is 59.5 cm³/mol. The third kappa shape index (κ3) is 3.78. The SMILES string of the molecule is COCCN1C(C)CCNCC1CC#N. The number of rotatable bonds is 4. The maximum atomic E-state index is 8.80. The monoisotopic (exact) mass is 211 g/mol. The van der Waals surface area contributed by atoms with Crippen molar-refractivity contribution in [1.82, 2.24) is 10.2 Å². The summed E-state index contributed by atoms with van der Waals surface area (Å²) in [7, 11) is 1.72. The largest absolute Gasteiger partial charge is 0.383 e. The average Bonchev–Trinajstić information content (AvgIpc) is 2.39. The standard InChI is InChI=1S/C11H21N3O/c1-10-4-6-13-9-11(3-5-12)14(10)7-8-15-2/h10-11,13H,3-4,6-9H2,1-2H3. The van der Waals surface area contributed by atoms with E-state index >= 15 is 0 Å². The second kappa shape index (κ2) is 6.78. The first-order valence-corrected chi connectivity index (χ1v) is 5.62. The van der Waals surface area contributed by atoms with Gasteiger partial charge in [0.25, 0.3) is 0 Å². The summed E-state index contributed by atoms with van der Waals surface area (Å²) in [6, 6.07) is 3.14. The Morgan fingerprint density at radius 1 is 1.60 bits per heavy atom. The van der Waals surface area contributed by atoms with Gasteiger partial charge in [0, 0.05) is 32.3 Å². The number of nitrogens with one attached hydrogen (secondary N) is 1. The summed E-state index contributed by atoms with van der Waals surface area (Å²) < 4.78 is 5.12. The second-order valence-electron chi connectivity index (χ2n) is 4.09. The lowest BCUT2D eigenvalue weighted by molar-refractivity contribution is 0.0972. The second-order valence-corrected chi connectivity index (χ2v) is 4.09. The number of hydrogen-bond acceptors (Lipinski definition) is 4. The molecule has 15 heavy (non-hydrogen) atoms. The Bertz CT molecular complexity index is 214. The molecule has 1 saturated heterocycles. The number of methoxy groups -OCH3 is 1. The van der Waals surface area contributed by atoms with E-state index in [0.29, 0.717) is 18.5 Å². The van der Waals surface area contributed by atoms with Crippen molar-refractivity contribution in [3.05, 3.63) is 0 Å². The average molecular weight is 211 g/mol. The van der Waals surface area contributed by atoms with E-state index in [2.05, 4.69) is 23.2 Å². The van der Waals surface area contributed by atoms with Crippen LogP contribution in [0.25, 0.3) is 0 Å². The summed E-state index contributed by atoms with van der Waals surface area (Å²) >= 11 is 0. The van der Waals surface area contributed by atoms with E-state index in [-0.39, 0.29) is 0 Å². The molecule has 4 heteroatoms. The highest BCUT2D eigenvalue weighted by molar-refractivity contribution is 4.88. The fraction of sp³-hybridized carbons (Fsp3) is 0.909. The first-order valence-electron chi connectivity index (χ1n) is 5.62. The van der Waals surface area contributed by atoms with E-state index in [0.717, 1.165) is 32.7 Å². The van der Waals surface area contributed by atoms with Crippen LogP contribution in [0.2, 0.25) is 0 Å². The first-order chi connectivity index (χ1) is 7.29. The van der Waals surface area contributed by atoms with Crippen molar-refractivity contribution < 1.29 is 4.74 Å². The van der Waals surface area contributed by atoms with Gasteiger partial charge in [-0.1, -0.05) is 0 Å². The molecular formula is C11H21N3O. The summed E-state index contributed by atoms with van der Waals surface area (Å²) in [5.41, 5.74) is 0. The molecule has 86 valence electrons. The lowest BCUT2D eigenvalue weighted by Gasteiger charge is -2.32. The third-order valence-electron chi connectivity index (χ3n) is 3.03. The molecule has 2 unspecified atom stereocenters. The van der Waals surface area contributed by atoms with Gasteiger partial charge in [-0.05, 0) is 19.9 Å². The van der Waals surface area contributed by atoms with Gasteiger partial charge in [-0.15, -0.1) is 0 Å². The summed E-state index contributed by atoms with van der Waals surface area (Å²) in [4.78, 5) is 2.40. The molecule has 0 aromatic heterocycles. The molecule has 1 heterocycles. The molecule has 1 aliphatic rings. The minimum atomic E-state index is 0.336. The van der Waals surface area contributed by atoms with Gasteiger partial charge < -0.3 is 10.1 Å². The zero-order valence-corrected chi connectivity index (χ0v) is 9.70. The zero-order chi connectivity index (χ0) is 11.1. The smallest absolute Gasteiger partial charge is 0.0638 e. The fourth-order valence-corrected chi connectivity index (χ4v) is 2.12. The molecule has 0 bridgehead atoms. The van der Waals surface area contributed by atoms with Crippen LogP contribution >= 0.6 is 0 Å². The third-order valence-corrected chi connectivity index (χ3v) is 3.03. The normalized spacial score (nSPS) is 28.3. The number of nitrogens with zero attached hydrogens (tertiary/aromatic N) is 2. The van der Waals surface area contributed by atoms with Crippen LogP contribution in [0.15, 0.2) is 0 Å². The van der Waals surface area contributed by atoms with Gasteiger partial charge in [0.05, 0.1) is 19.1 Å². The van der Waals surface area contributed by atoms with E-state index in [9.17, 15) is 0 Å². The van der Waals surface area contributed by atoms with Crippen LogP contribution in [-0.2, 0) is 4.74 Å². The molecule has 1 fully saturated rings. The van der Waals surface area contributed by atoms with E-state index in [4.69, 9.17) is 10.00 Å². The van der Waals surface area contributed by atoms with E-state index < -0.39 is 0 Å². The molecular weight excluding hydrogens is 190 g/mol. The van der Waals surface area contributed by atoms with Crippen molar-refractivity contribution in [2.24, 2.45) is 0 Å². The van der Waals surface area contributed by atoms with Gasteiger partial charge in [0.1, 0.15) is 0 Å². The quantitative estimate of drug-likeness (QED) is 0.739. The predicted octanol–water partition coefficient (Wildman–Crippen LogP) is 0.599. The minimum absolute atomic E-state index is 0.336. The minimum Gasteiger partial charge on any atom is -0.383 e. The Hall–Kier alpha value is -0.630. The molecule has 0 aromatic rings. The summed E-state index contributed by atoms with van der Waals surface area (Å²) in [6.07, 6.45) is 1.74. The molecule has 4 nitrogen and oxygen atoms in total. The Balaban J connectivity index is 2.57. The highest BCUT2D eigenvalue weighted by Crippen LogP contribution is 2.13. The zero-order valence-electron chi connectivity index (χ0n) is 9.70. The van der Waals surface area contributed by atoms with Crippen LogP contribution in [0.5, 0.6) is 0 Å². The Morgan fingerprint density at radius 3 is 3.07 bits per heavy atom. The fourth-order valence-electron chi connectivity index (χ4n) is 2.12. The molecule has 0 radical (unpaired) electrons. The lowest BCUT2D eigenvalue weighted by atomic mass is 10.1. The Labute approximate surface area is 92.2 Å². The van der Waals surface area contributed by atoms with Crippen molar-refractivity contribution in [2.45, 2.75) is 31.8 Å². The van der Waals surface area contributed by atoms with E-state index in [1.807, 2.05) is 0 Å². The maximum Gasteiger partial charge on any atom is 0.0638 e. The van der Waals surface area contributed by atoms with Gasteiger partial charge in [-0.25, -0.2) is 0 Å². The van der Waals surface area contributed by atoms with Crippen LogP contribution in [0.1, 0.15) is 19.8 Å². The molecule has 1 N–H and O–H groups in total. The first kappa shape index (κ1) is 12.4. The summed E-state index contributed by atoms with van der Waals surface area (Å²) in [6.45, 7) is 5.86. The molecule has 0 saturated carbocycles. The van der Waals surface area contributed by atoms with Crippen LogP contribution in [0.3, 0.4) is 0 Å². The van der Waals surface area contributed by atoms with Gasteiger partial charge in [-0.2, -0.15) is 5.26 Å². The molecule has 0 aliphatic carbocycles. The van der Waals surface area contributed by atoms with Gasteiger partial charge in [0.2, 0.25) is 0 Å². The van der Waals surface area contributed by atoms with Crippen molar-refractivity contribution in [3.63, 3.8) is 0 Å². The van der Waals surface area contributed by atoms with Gasteiger partial charge in [-0.3, -0.25) is 4.90 Å². The van der Waals surface area contributed by atoms with Crippen molar-refractivity contribution in [2.75, 3.05) is 33.4 Å². The molecule has 0 amide bonds. The van der Waals surface area contributed by atoms with Crippen molar-refractivity contribution in [3.8, 4) is 6.07 Å². The lowest BCUT2D eigenvalue weighted by Crippen LogP contribution is -2.45. The van der Waals surface area contributed by atoms with Crippen LogP contribution in [-0.4, -0.2) is 50.3 Å². The van der Waals surface area contributed by atoms with E-state index in [1.54, 1.807) is 7.11 Å². The molecule has 0 aromatic carbocycles. The number of nitriles is 1. The Morgan fingerprint density at radius 2 is 2.40 bits per heavy atom. The highest BCUT2D eigenvalue weighted by atomic mass is 16.5. The Kier molecular flexibility index (Phi) is 5.62. The maximum absolute atomic E-state index is 8.80. The molecule has 0 spiro atoms. The number of hydrogen-bond donors (Lipinski definition) is 1. The topological polar surface area (TPSA) is 48.3 Å². The van der Waals surface area contributed by atoms with Gasteiger partial charge in [0.15, 0.2) is 0 Å². The van der Waals surface area contributed by atoms with Crippen LogP contribution < -0.4 is 5.32 Å². The van der Waals surface area contributed by atoms with E-state index in [1.165, 1.54) is 0 Å². The highest BCUT2D eigenvalue weighted by Gasteiger charge is 2.25. The summed E-state index contributed by atoms with van der Waals surface area (Å²) in [5, 5.41) is 12.2. The molecule has 1 rings (SSSR count). The number of ether oxygens (including phenoxy) is 1. The van der Waals surface area contributed by atoms with Gasteiger partial charge >= 0.3 is 0 Å².